The summed E-state index contributed by atoms with van der Waals surface area (Å²) in [6.45, 7) is 2.94. The van der Waals surface area contributed by atoms with Crippen LogP contribution in [0.5, 0.6) is 5.75 Å². The molecule has 26 heavy (non-hydrogen) atoms. The number of imide groups is 1. The van der Waals surface area contributed by atoms with Gasteiger partial charge >= 0.3 is 6.03 Å². The maximum atomic E-state index is 11.7. The number of benzene rings is 2. The molecule has 0 aromatic heterocycles. The van der Waals surface area contributed by atoms with Crippen LogP contribution in [0.1, 0.15) is 24.2 Å². The molecule has 3 rings (SSSR count). The minimum Gasteiger partial charge on any atom is -0.491 e. The molecule has 0 spiro atoms. The highest BCUT2D eigenvalue weighted by atomic mass is 16.5. The summed E-state index contributed by atoms with van der Waals surface area (Å²) in [5.41, 5.74) is 1.98. The maximum Gasteiger partial charge on any atom is 0.322 e. The van der Waals surface area contributed by atoms with Crippen molar-refractivity contribution in [2.24, 2.45) is 0 Å². The van der Waals surface area contributed by atoms with Gasteiger partial charge in [-0.2, -0.15) is 0 Å². The van der Waals surface area contributed by atoms with Gasteiger partial charge in [-0.3, -0.25) is 10.1 Å². The monoisotopic (exact) mass is 354 g/mol. The second-order valence-corrected chi connectivity index (χ2v) is 6.03. The number of amides is 3. The van der Waals surface area contributed by atoms with Crippen LogP contribution in [0.25, 0.3) is 0 Å². The average Bonchev–Trinajstić information content (AvgIpc) is 2.96. The molecule has 2 N–H and O–H groups in total. The third-order valence-electron chi connectivity index (χ3n) is 4.14. The predicted octanol–water partition coefficient (Wildman–Crippen LogP) is 2.59. The third-order valence-corrected chi connectivity index (χ3v) is 4.14. The second kappa shape index (κ2) is 8.49. The molecule has 2 aromatic carbocycles. The number of urea groups is 1. The van der Waals surface area contributed by atoms with Crippen molar-refractivity contribution < 1.29 is 19.1 Å². The van der Waals surface area contributed by atoms with Crippen molar-refractivity contribution in [3.8, 4) is 5.75 Å². The van der Waals surface area contributed by atoms with Crippen LogP contribution < -0.4 is 15.4 Å². The van der Waals surface area contributed by atoms with Gasteiger partial charge in [-0.05, 0) is 30.2 Å². The molecule has 1 aliphatic heterocycles. The first kappa shape index (κ1) is 17.9. The molecule has 1 aliphatic rings. The number of ether oxygens (including phenoxy) is 2. The molecule has 0 saturated carbocycles. The Morgan fingerprint density at radius 1 is 1.08 bits per heavy atom. The van der Waals surface area contributed by atoms with E-state index >= 15 is 0 Å². The normalized spacial score (nSPS) is 17.5. The number of carbonyl (C=O) groups is 2. The zero-order valence-electron chi connectivity index (χ0n) is 14.6. The largest absolute Gasteiger partial charge is 0.491 e. The van der Waals surface area contributed by atoms with E-state index in [1.165, 1.54) is 0 Å². The Kier molecular flexibility index (Phi) is 5.86. The highest BCUT2D eigenvalue weighted by Crippen LogP contribution is 2.21. The van der Waals surface area contributed by atoms with Crippen molar-refractivity contribution >= 4 is 11.9 Å². The van der Waals surface area contributed by atoms with E-state index in [4.69, 9.17) is 9.47 Å². The fourth-order valence-electron chi connectivity index (χ4n) is 2.88. The lowest BCUT2D eigenvalue weighted by atomic mass is 10.1. The molecule has 1 unspecified atom stereocenters. The fraction of sp³-hybridized carbons (Fsp3) is 0.300. The van der Waals surface area contributed by atoms with Gasteiger partial charge in [-0.15, -0.1) is 0 Å². The van der Waals surface area contributed by atoms with Gasteiger partial charge in [-0.1, -0.05) is 42.5 Å². The van der Waals surface area contributed by atoms with Crippen LogP contribution in [-0.2, 0) is 16.0 Å². The van der Waals surface area contributed by atoms with Gasteiger partial charge < -0.3 is 14.8 Å². The second-order valence-electron chi connectivity index (χ2n) is 6.03. The molecule has 0 aliphatic carbocycles. The van der Waals surface area contributed by atoms with Crippen LogP contribution in [0, 0.1) is 0 Å². The molecule has 1 fully saturated rings. The van der Waals surface area contributed by atoms with Gasteiger partial charge in [-0.25, -0.2) is 4.79 Å². The SMILES string of the molecule is CCOC(COc1cccc(C[C@@H]2NC(=O)NC2=O)c1)c1ccccc1. The van der Waals surface area contributed by atoms with E-state index in [1.54, 1.807) is 0 Å². The van der Waals surface area contributed by atoms with E-state index in [9.17, 15) is 9.59 Å². The molecule has 2 aromatic rings. The minimum atomic E-state index is -0.543. The quantitative estimate of drug-likeness (QED) is 0.715. The first-order chi connectivity index (χ1) is 12.7. The summed E-state index contributed by atoms with van der Waals surface area (Å²) in [5, 5.41) is 4.84. The molecular formula is C20H22N2O4. The van der Waals surface area contributed by atoms with Crippen LogP contribution in [-0.4, -0.2) is 31.2 Å². The summed E-state index contributed by atoms with van der Waals surface area (Å²) in [6, 6.07) is 16.5. The Morgan fingerprint density at radius 2 is 1.88 bits per heavy atom. The topological polar surface area (TPSA) is 76.7 Å². The van der Waals surface area contributed by atoms with E-state index in [1.807, 2.05) is 61.5 Å². The lowest BCUT2D eigenvalue weighted by molar-refractivity contribution is -0.120. The van der Waals surface area contributed by atoms with Crippen LogP contribution in [0.4, 0.5) is 4.79 Å². The highest BCUT2D eigenvalue weighted by molar-refractivity contribution is 6.04. The van der Waals surface area contributed by atoms with Gasteiger partial charge in [0.05, 0.1) is 0 Å². The molecule has 1 saturated heterocycles. The minimum absolute atomic E-state index is 0.148. The van der Waals surface area contributed by atoms with Crippen LogP contribution in [0.3, 0.4) is 0 Å². The zero-order valence-corrected chi connectivity index (χ0v) is 14.6. The predicted molar refractivity (Wildman–Crippen MR) is 96.9 cm³/mol. The number of hydrogen-bond donors (Lipinski definition) is 2. The van der Waals surface area contributed by atoms with Gasteiger partial charge in [0.1, 0.15) is 24.5 Å². The van der Waals surface area contributed by atoms with Gasteiger partial charge in [0, 0.05) is 13.0 Å². The molecule has 0 radical (unpaired) electrons. The van der Waals surface area contributed by atoms with Crippen molar-refractivity contribution in [2.75, 3.05) is 13.2 Å². The molecule has 2 atom stereocenters. The van der Waals surface area contributed by atoms with Crippen LogP contribution in [0.15, 0.2) is 54.6 Å². The van der Waals surface area contributed by atoms with E-state index in [-0.39, 0.29) is 12.0 Å². The highest BCUT2D eigenvalue weighted by Gasteiger charge is 2.29. The third kappa shape index (κ3) is 4.61. The summed E-state index contributed by atoms with van der Waals surface area (Å²) in [4.78, 5) is 22.9. The Morgan fingerprint density at radius 3 is 2.58 bits per heavy atom. The molecule has 0 bridgehead atoms. The molecular weight excluding hydrogens is 332 g/mol. The van der Waals surface area contributed by atoms with E-state index in [0.717, 1.165) is 11.1 Å². The Labute approximate surface area is 152 Å². The lowest BCUT2D eigenvalue weighted by Gasteiger charge is -2.18. The van der Waals surface area contributed by atoms with Crippen molar-refractivity contribution in [3.63, 3.8) is 0 Å². The van der Waals surface area contributed by atoms with Crippen molar-refractivity contribution in [1.82, 2.24) is 10.6 Å². The summed E-state index contributed by atoms with van der Waals surface area (Å²) >= 11 is 0. The molecule has 136 valence electrons. The van der Waals surface area contributed by atoms with E-state index in [0.29, 0.717) is 25.4 Å². The average molecular weight is 354 g/mol. The summed E-state index contributed by atoms with van der Waals surface area (Å²) in [5.74, 6) is 0.398. The summed E-state index contributed by atoms with van der Waals surface area (Å²) in [6.07, 6.45) is 0.271. The molecule has 1 heterocycles. The number of hydrogen-bond acceptors (Lipinski definition) is 4. The fourth-order valence-corrected chi connectivity index (χ4v) is 2.88. The van der Waals surface area contributed by atoms with E-state index in [2.05, 4.69) is 10.6 Å². The van der Waals surface area contributed by atoms with E-state index < -0.39 is 12.1 Å². The zero-order chi connectivity index (χ0) is 18.4. The Bertz CT molecular complexity index is 763. The first-order valence-electron chi connectivity index (χ1n) is 8.65. The summed E-state index contributed by atoms with van der Waals surface area (Å²) in [7, 11) is 0. The number of rotatable bonds is 8. The van der Waals surface area contributed by atoms with Crippen LogP contribution >= 0.6 is 0 Å². The number of carbonyl (C=O) groups excluding carboxylic acids is 2. The maximum absolute atomic E-state index is 11.7. The van der Waals surface area contributed by atoms with Gasteiger partial charge in [0.2, 0.25) is 0 Å². The molecule has 6 nitrogen and oxygen atoms in total. The summed E-state index contributed by atoms with van der Waals surface area (Å²) < 4.78 is 11.7. The van der Waals surface area contributed by atoms with Crippen LogP contribution in [0.2, 0.25) is 0 Å². The van der Waals surface area contributed by atoms with Crippen molar-refractivity contribution in [3.05, 3.63) is 65.7 Å². The Hall–Kier alpha value is -2.86. The Balaban J connectivity index is 1.62. The van der Waals surface area contributed by atoms with Gasteiger partial charge in [0.15, 0.2) is 0 Å². The molecule has 3 amide bonds. The molecule has 6 heteroatoms. The number of nitrogens with one attached hydrogen (secondary N) is 2. The standard InChI is InChI=1S/C20H22N2O4/c1-2-25-18(15-8-4-3-5-9-15)13-26-16-10-6-7-14(11-16)12-17-19(23)22-20(24)21-17/h3-11,17-18H,2,12-13H2,1H3,(H2,21,22,23,24)/t17-,18?/m0/s1. The smallest absolute Gasteiger partial charge is 0.322 e. The van der Waals surface area contributed by atoms with Crippen molar-refractivity contribution in [2.45, 2.75) is 25.5 Å². The first-order valence-corrected chi connectivity index (χ1v) is 8.65. The van der Waals surface area contributed by atoms with Crippen molar-refractivity contribution in [1.29, 1.82) is 0 Å². The van der Waals surface area contributed by atoms with Gasteiger partial charge in [0.25, 0.3) is 5.91 Å². The lowest BCUT2D eigenvalue weighted by Crippen LogP contribution is -2.31.